The molecule has 0 aliphatic rings. The largest absolute Gasteiger partial charge is 0.497 e. The number of benzene rings is 1. The molecule has 0 aliphatic heterocycles. The fourth-order valence-corrected chi connectivity index (χ4v) is 2.53. The molecule has 0 amide bonds. The van der Waals surface area contributed by atoms with E-state index >= 15 is 0 Å². The van der Waals surface area contributed by atoms with Crippen LogP contribution in [-0.4, -0.2) is 31.3 Å². The lowest BCUT2D eigenvalue weighted by molar-refractivity contribution is 0.0605. The standard InChI is InChI=1S/C14H12O5S/c1-18-11-4-8(3-9(5-11)13(15)16)10-6-12(20-7-10)14(17)19-2/h3-7H,1-2H3,(H,15,16). The van der Waals surface area contributed by atoms with Crippen molar-refractivity contribution >= 4 is 23.3 Å². The highest BCUT2D eigenvalue weighted by Crippen LogP contribution is 2.30. The molecule has 1 aromatic heterocycles. The number of hydrogen-bond acceptors (Lipinski definition) is 5. The topological polar surface area (TPSA) is 72.8 Å². The molecule has 5 nitrogen and oxygen atoms in total. The maximum Gasteiger partial charge on any atom is 0.348 e. The van der Waals surface area contributed by atoms with Crippen molar-refractivity contribution in [3.63, 3.8) is 0 Å². The van der Waals surface area contributed by atoms with Crippen molar-refractivity contribution in [2.45, 2.75) is 0 Å². The van der Waals surface area contributed by atoms with Crippen molar-refractivity contribution in [1.29, 1.82) is 0 Å². The van der Waals surface area contributed by atoms with E-state index in [0.29, 0.717) is 16.2 Å². The van der Waals surface area contributed by atoms with Gasteiger partial charge in [0, 0.05) is 0 Å². The second kappa shape index (κ2) is 5.75. The summed E-state index contributed by atoms with van der Waals surface area (Å²) in [5, 5.41) is 10.9. The molecule has 2 aromatic rings. The number of carbonyl (C=O) groups excluding carboxylic acids is 1. The lowest BCUT2D eigenvalue weighted by Gasteiger charge is -2.05. The van der Waals surface area contributed by atoms with E-state index in [2.05, 4.69) is 4.74 Å². The fraction of sp³-hybridized carbons (Fsp3) is 0.143. The van der Waals surface area contributed by atoms with Crippen molar-refractivity contribution in [3.8, 4) is 16.9 Å². The van der Waals surface area contributed by atoms with Gasteiger partial charge in [0.1, 0.15) is 10.6 Å². The summed E-state index contributed by atoms with van der Waals surface area (Å²) in [5.41, 5.74) is 1.55. The third-order valence-electron chi connectivity index (χ3n) is 2.71. The molecule has 0 saturated heterocycles. The zero-order valence-corrected chi connectivity index (χ0v) is 11.7. The van der Waals surface area contributed by atoms with E-state index in [1.807, 2.05) is 0 Å². The second-order valence-electron chi connectivity index (χ2n) is 3.95. The quantitative estimate of drug-likeness (QED) is 0.877. The van der Waals surface area contributed by atoms with Crippen LogP contribution in [0.15, 0.2) is 29.6 Å². The molecule has 1 N–H and O–H groups in total. The Labute approximate surface area is 119 Å². The van der Waals surface area contributed by atoms with Gasteiger partial charge in [-0.25, -0.2) is 9.59 Å². The van der Waals surface area contributed by atoms with Gasteiger partial charge in [0.25, 0.3) is 0 Å². The molecule has 0 spiro atoms. The van der Waals surface area contributed by atoms with Crippen molar-refractivity contribution in [2.75, 3.05) is 14.2 Å². The molecular weight excluding hydrogens is 280 g/mol. The van der Waals surface area contributed by atoms with Crippen LogP contribution >= 0.6 is 11.3 Å². The zero-order chi connectivity index (χ0) is 14.7. The predicted octanol–water partition coefficient (Wildman–Crippen LogP) is 2.91. The molecule has 1 heterocycles. The van der Waals surface area contributed by atoms with Gasteiger partial charge < -0.3 is 14.6 Å². The molecule has 104 valence electrons. The van der Waals surface area contributed by atoms with E-state index in [-0.39, 0.29) is 5.56 Å². The Kier molecular flexibility index (Phi) is 4.05. The van der Waals surface area contributed by atoms with Crippen LogP contribution in [0.25, 0.3) is 11.1 Å². The summed E-state index contributed by atoms with van der Waals surface area (Å²) in [6.45, 7) is 0. The van der Waals surface area contributed by atoms with Gasteiger partial charge in [-0.3, -0.25) is 0 Å². The van der Waals surface area contributed by atoms with Gasteiger partial charge in [0.05, 0.1) is 19.8 Å². The zero-order valence-electron chi connectivity index (χ0n) is 10.9. The Balaban J connectivity index is 2.46. The third-order valence-corrected chi connectivity index (χ3v) is 3.62. The average Bonchev–Trinajstić information content (AvgIpc) is 2.95. The van der Waals surface area contributed by atoms with Gasteiger partial charge in [-0.15, -0.1) is 11.3 Å². The van der Waals surface area contributed by atoms with E-state index in [1.165, 1.54) is 37.7 Å². The number of hydrogen-bond donors (Lipinski definition) is 1. The number of thiophene rings is 1. The van der Waals surface area contributed by atoms with Crippen LogP contribution in [0, 0.1) is 0 Å². The Hall–Kier alpha value is -2.34. The normalized spacial score (nSPS) is 10.1. The van der Waals surface area contributed by atoms with Crippen molar-refractivity contribution in [1.82, 2.24) is 0 Å². The Morgan fingerprint density at radius 1 is 1.10 bits per heavy atom. The summed E-state index contributed by atoms with van der Waals surface area (Å²) >= 11 is 1.24. The minimum absolute atomic E-state index is 0.130. The van der Waals surface area contributed by atoms with Crippen LogP contribution in [0.5, 0.6) is 5.75 Å². The van der Waals surface area contributed by atoms with Crippen LogP contribution in [-0.2, 0) is 4.74 Å². The molecule has 0 radical (unpaired) electrons. The van der Waals surface area contributed by atoms with E-state index in [0.717, 1.165) is 5.56 Å². The summed E-state index contributed by atoms with van der Waals surface area (Å²) in [7, 11) is 2.79. The van der Waals surface area contributed by atoms with E-state index < -0.39 is 11.9 Å². The lowest BCUT2D eigenvalue weighted by Crippen LogP contribution is -1.98. The molecule has 0 fully saturated rings. The minimum Gasteiger partial charge on any atom is -0.497 e. The Bertz CT molecular complexity index is 659. The third kappa shape index (κ3) is 2.80. The molecule has 1 aromatic carbocycles. The number of methoxy groups -OCH3 is 2. The van der Waals surface area contributed by atoms with Crippen LogP contribution in [0.4, 0.5) is 0 Å². The van der Waals surface area contributed by atoms with E-state index in [1.54, 1.807) is 17.5 Å². The van der Waals surface area contributed by atoms with Crippen LogP contribution < -0.4 is 4.74 Å². The number of carboxylic acid groups (broad SMARTS) is 1. The summed E-state index contributed by atoms with van der Waals surface area (Å²) in [6.07, 6.45) is 0. The van der Waals surface area contributed by atoms with Gasteiger partial charge in [-0.1, -0.05) is 0 Å². The summed E-state index contributed by atoms with van der Waals surface area (Å²) in [5.74, 6) is -0.998. The van der Waals surface area contributed by atoms with Crippen molar-refractivity contribution in [3.05, 3.63) is 40.1 Å². The lowest BCUT2D eigenvalue weighted by atomic mass is 10.0. The molecule has 6 heteroatoms. The predicted molar refractivity (Wildman–Crippen MR) is 74.6 cm³/mol. The van der Waals surface area contributed by atoms with Crippen LogP contribution in [0.3, 0.4) is 0 Å². The van der Waals surface area contributed by atoms with Crippen molar-refractivity contribution < 1.29 is 24.2 Å². The number of carbonyl (C=O) groups is 2. The molecule has 0 atom stereocenters. The number of aromatic carboxylic acids is 1. The maximum absolute atomic E-state index is 11.4. The van der Waals surface area contributed by atoms with Crippen LogP contribution in [0.2, 0.25) is 0 Å². The van der Waals surface area contributed by atoms with E-state index in [4.69, 9.17) is 9.84 Å². The fourth-order valence-electron chi connectivity index (χ4n) is 1.70. The number of esters is 1. The highest BCUT2D eigenvalue weighted by atomic mass is 32.1. The number of rotatable bonds is 4. The first-order chi connectivity index (χ1) is 9.55. The molecule has 20 heavy (non-hydrogen) atoms. The van der Waals surface area contributed by atoms with Crippen molar-refractivity contribution in [2.24, 2.45) is 0 Å². The van der Waals surface area contributed by atoms with Gasteiger partial charge in [-0.2, -0.15) is 0 Å². The highest BCUT2D eigenvalue weighted by molar-refractivity contribution is 7.12. The Morgan fingerprint density at radius 2 is 1.85 bits per heavy atom. The van der Waals surface area contributed by atoms with Crippen LogP contribution in [0.1, 0.15) is 20.0 Å². The Morgan fingerprint density at radius 3 is 2.45 bits per heavy atom. The van der Waals surface area contributed by atoms with Gasteiger partial charge in [0.2, 0.25) is 0 Å². The first kappa shape index (κ1) is 14.1. The van der Waals surface area contributed by atoms with Gasteiger partial charge in [0.15, 0.2) is 0 Å². The smallest absolute Gasteiger partial charge is 0.348 e. The summed E-state index contributed by atoms with van der Waals surface area (Å²) in [4.78, 5) is 23.0. The first-order valence-corrected chi connectivity index (χ1v) is 6.52. The van der Waals surface area contributed by atoms with Gasteiger partial charge >= 0.3 is 11.9 Å². The average molecular weight is 292 g/mol. The number of ether oxygens (including phenoxy) is 2. The monoisotopic (exact) mass is 292 g/mol. The van der Waals surface area contributed by atoms with Gasteiger partial charge in [-0.05, 0) is 40.8 Å². The SMILES string of the molecule is COC(=O)c1cc(-c2cc(OC)cc(C(=O)O)c2)cs1. The maximum atomic E-state index is 11.4. The highest BCUT2D eigenvalue weighted by Gasteiger charge is 2.13. The molecule has 0 bridgehead atoms. The minimum atomic E-state index is -1.03. The van der Waals surface area contributed by atoms with E-state index in [9.17, 15) is 9.59 Å². The molecular formula is C14H12O5S. The molecule has 0 saturated carbocycles. The second-order valence-corrected chi connectivity index (χ2v) is 4.86. The summed E-state index contributed by atoms with van der Waals surface area (Å²) < 4.78 is 9.74. The molecule has 0 aliphatic carbocycles. The summed E-state index contributed by atoms with van der Waals surface area (Å²) in [6, 6.07) is 6.36. The molecule has 2 rings (SSSR count). The number of carboxylic acids is 1. The first-order valence-electron chi connectivity index (χ1n) is 5.64. The molecule has 0 unspecified atom stereocenters.